The van der Waals surface area contributed by atoms with Gasteiger partial charge in [0.2, 0.25) is 0 Å². The molecule has 6 nitrogen and oxygen atoms in total. The van der Waals surface area contributed by atoms with E-state index in [1.165, 1.54) is 0 Å². The Balaban J connectivity index is 2.33. The summed E-state index contributed by atoms with van der Waals surface area (Å²) >= 11 is 0. The van der Waals surface area contributed by atoms with Gasteiger partial charge in [-0.15, -0.1) is 0 Å². The van der Waals surface area contributed by atoms with Gasteiger partial charge in [0.15, 0.2) is 5.82 Å². The summed E-state index contributed by atoms with van der Waals surface area (Å²) < 4.78 is 7.10. The van der Waals surface area contributed by atoms with Crippen LogP contribution in [0.15, 0.2) is 10.6 Å². The molecule has 0 aliphatic carbocycles. The third-order valence-corrected chi connectivity index (χ3v) is 2.55. The first-order valence-corrected chi connectivity index (χ1v) is 5.88. The molecule has 0 saturated carbocycles. The van der Waals surface area contributed by atoms with E-state index in [0.717, 1.165) is 24.4 Å². The molecule has 0 saturated heterocycles. The monoisotopic (exact) mass is 235 g/mol. The first-order chi connectivity index (χ1) is 8.28. The molecule has 6 heteroatoms. The van der Waals surface area contributed by atoms with Gasteiger partial charge in [-0.05, 0) is 26.0 Å². The Kier molecular flexibility index (Phi) is 3.53. The van der Waals surface area contributed by atoms with Crippen molar-refractivity contribution in [3.05, 3.63) is 17.6 Å². The molecular weight excluding hydrogens is 218 g/mol. The predicted molar refractivity (Wildman–Crippen MR) is 63.3 cm³/mol. The second-order valence-electron chi connectivity index (χ2n) is 3.74. The second-order valence-corrected chi connectivity index (χ2v) is 3.74. The van der Waals surface area contributed by atoms with Crippen LogP contribution in [-0.2, 0) is 19.4 Å². The van der Waals surface area contributed by atoms with Gasteiger partial charge < -0.3 is 10.3 Å². The molecule has 2 rings (SSSR count). The van der Waals surface area contributed by atoms with Crippen molar-refractivity contribution in [3.8, 4) is 11.6 Å². The molecule has 0 amide bonds. The van der Waals surface area contributed by atoms with Crippen molar-refractivity contribution >= 4 is 0 Å². The maximum atomic E-state index is 5.45. The highest BCUT2D eigenvalue weighted by atomic mass is 16.5. The van der Waals surface area contributed by atoms with E-state index in [1.807, 2.05) is 17.7 Å². The number of nitrogens with zero attached hydrogens (tertiary/aromatic N) is 4. The molecule has 2 heterocycles. The minimum Gasteiger partial charge on any atom is -0.332 e. The van der Waals surface area contributed by atoms with Crippen LogP contribution < -0.4 is 5.73 Å². The molecule has 0 fully saturated rings. The van der Waals surface area contributed by atoms with Crippen LogP contribution >= 0.6 is 0 Å². The molecule has 0 aliphatic heterocycles. The summed E-state index contributed by atoms with van der Waals surface area (Å²) in [5.41, 5.74) is 7.35. The van der Waals surface area contributed by atoms with Crippen LogP contribution in [0, 0.1) is 0 Å². The van der Waals surface area contributed by atoms with Gasteiger partial charge in [-0.1, -0.05) is 12.1 Å². The van der Waals surface area contributed by atoms with Crippen LogP contribution in [0.5, 0.6) is 0 Å². The topological polar surface area (TPSA) is 82.8 Å². The maximum absolute atomic E-state index is 5.45. The summed E-state index contributed by atoms with van der Waals surface area (Å²) in [6, 6.07) is 1.99. The average Bonchev–Trinajstić information content (AvgIpc) is 2.94. The lowest BCUT2D eigenvalue weighted by atomic mass is 10.3. The molecule has 17 heavy (non-hydrogen) atoms. The van der Waals surface area contributed by atoms with Crippen LogP contribution in [0.3, 0.4) is 0 Å². The van der Waals surface area contributed by atoms with Crippen LogP contribution in [0.25, 0.3) is 11.6 Å². The Morgan fingerprint density at radius 3 is 2.88 bits per heavy atom. The Hall–Kier alpha value is -1.69. The molecule has 92 valence electrons. The zero-order valence-corrected chi connectivity index (χ0v) is 10.2. The van der Waals surface area contributed by atoms with Crippen molar-refractivity contribution in [1.29, 1.82) is 0 Å². The van der Waals surface area contributed by atoms with Gasteiger partial charge in [0.25, 0.3) is 5.89 Å². The largest absolute Gasteiger partial charge is 0.332 e. The normalized spacial score (nSPS) is 11.0. The molecule has 0 atom stereocenters. The van der Waals surface area contributed by atoms with Gasteiger partial charge in [-0.3, -0.25) is 4.68 Å². The third-order valence-electron chi connectivity index (χ3n) is 2.55. The molecule has 0 aromatic carbocycles. The number of hydrogen-bond acceptors (Lipinski definition) is 5. The Bertz CT molecular complexity index is 488. The average molecular weight is 235 g/mol. The fourth-order valence-electron chi connectivity index (χ4n) is 1.64. The second kappa shape index (κ2) is 5.09. The van der Waals surface area contributed by atoms with Gasteiger partial charge in [0.05, 0.1) is 5.69 Å². The summed E-state index contributed by atoms with van der Waals surface area (Å²) in [7, 11) is 0. The van der Waals surface area contributed by atoms with Crippen molar-refractivity contribution < 1.29 is 4.52 Å². The van der Waals surface area contributed by atoms with Crippen molar-refractivity contribution in [2.24, 2.45) is 5.73 Å². The van der Waals surface area contributed by atoms with E-state index in [1.54, 1.807) is 0 Å². The SMILES string of the molecule is CCc1cc(-c2nc(CCN)no2)n(CC)n1. The molecule has 2 aromatic rings. The summed E-state index contributed by atoms with van der Waals surface area (Å²) in [6.45, 7) is 5.41. The van der Waals surface area contributed by atoms with Gasteiger partial charge in [-0.2, -0.15) is 10.1 Å². The molecule has 0 radical (unpaired) electrons. The predicted octanol–water partition coefficient (Wildman–Crippen LogP) is 1.02. The van der Waals surface area contributed by atoms with Crippen LogP contribution in [0.1, 0.15) is 25.4 Å². The van der Waals surface area contributed by atoms with Gasteiger partial charge in [0, 0.05) is 13.0 Å². The lowest BCUT2D eigenvalue weighted by Crippen LogP contribution is -2.04. The number of aryl methyl sites for hydroxylation is 2. The zero-order valence-electron chi connectivity index (χ0n) is 10.2. The number of rotatable bonds is 5. The number of hydrogen-bond donors (Lipinski definition) is 1. The fraction of sp³-hybridized carbons (Fsp3) is 0.545. The molecule has 2 aromatic heterocycles. The summed E-state index contributed by atoms with van der Waals surface area (Å²) in [6.07, 6.45) is 1.52. The lowest BCUT2D eigenvalue weighted by Gasteiger charge is -1.98. The van der Waals surface area contributed by atoms with Crippen LogP contribution in [0.2, 0.25) is 0 Å². The molecule has 0 aliphatic rings. The van der Waals surface area contributed by atoms with Gasteiger partial charge >= 0.3 is 0 Å². The van der Waals surface area contributed by atoms with Crippen LogP contribution in [-0.4, -0.2) is 26.5 Å². The van der Waals surface area contributed by atoms with E-state index in [-0.39, 0.29) is 0 Å². The fourth-order valence-corrected chi connectivity index (χ4v) is 1.64. The Labute approximate surface area is 99.8 Å². The third kappa shape index (κ3) is 2.36. The molecular formula is C11H17N5O. The quantitative estimate of drug-likeness (QED) is 0.836. The maximum Gasteiger partial charge on any atom is 0.276 e. The van der Waals surface area contributed by atoms with Crippen molar-refractivity contribution in [3.63, 3.8) is 0 Å². The van der Waals surface area contributed by atoms with Crippen molar-refractivity contribution in [2.45, 2.75) is 33.2 Å². The molecule has 0 unspecified atom stereocenters. The van der Waals surface area contributed by atoms with Gasteiger partial charge in [0.1, 0.15) is 5.69 Å². The minimum atomic E-state index is 0.516. The molecule has 0 bridgehead atoms. The highest BCUT2D eigenvalue weighted by Gasteiger charge is 2.14. The molecule has 0 spiro atoms. The number of nitrogens with two attached hydrogens (primary N) is 1. The number of aromatic nitrogens is 4. The standard InChI is InChI=1S/C11H17N5O/c1-3-8-7-9(16(4-2)14-8)11-13-10(5-6-12)15-17-11/h7H,3-6,12H2,1-2H3. The van der Waals surface area contributed by atoms with E-state index < -0.39 is 0 Å². The molecule has 2 N–H and O–H groups in total. The Morgan fingerprint density at radius 1 is 1.41 bits per heavy atom. The highest BCUT2D eigenvalue weighted by Crippen LogP contribution is 2.19. The smallest absolute Gasteiger partial charge is 0.276 e. The zero-order chi connectivity index (χ0) is 12.3. The highest BCUT2D eigenvalue weighted by molar-refractivity contribution is 5.48. The Morgan fingerprint density at radius 2 is 2.24 bits per heavy atom. The lowest BCUT2D eigenvalue weighted by molar-refractivity contribution is 0.418. The van der Waals surface area contributed by atoms with Crippen molar-refractivity contribution in [1.82, 2.24) is 19.9 Å². The minimum absolute atomic E-state index is 0.516. The van der Waals surface area contributed by atoms with E-state index in [0.29, 0.717) is 24.7 Å². The van der Waals surface area contributed by atoms with Crippen LogP contribution in [0.4, 0.5) is 0 Å². The summed E-state index contributed by atoms with van der Waals surface area (Å²) in [5.74, 6) is 1.16. The van der Waals surface area contributed by atoms with E-state index >= 15 is 0 Å². The first-order valence-electron chi connectivity index (χ1n) is 5.88. The van der Waals surface area contributed by atoms with Gasteiger partial charge in [-0.25, -0.2) is 0 Å². The van der Waals surface area contributed by atoms with E-state index in [2.05, 4.69) is 22.2 Å². The van der Waals surface area contributed by atoms with Crippen molar-refractivity contribution in [2.75, 3.05) is 6.54 Å². The van der Waals surface area contributed by atoms with E-state index in [9.17, 15) is 0 Å². The first kappa shape index (κ1) is 11.8. The van der Waals surface area contributed by atoms with E-state index in [4.69, 9.17) is 10.3 Å². The summed E-state index contributed by atoms with van der Waals surface area (Å²) in [4.78, 5) is 4.31. The summed E-state index contributed by atoms with van der Waals surface area (Å²) in [5, 5.41) is 8.33.